The maximum Gasteiger partial charge on any atom is 0.349 e. The minimum Gasteiger partial charge on any atom is -0.423 e. The first kappa shape index (κ1) is 24.3. The van der Waals surface area contributed by atoms with Gasteiger partial charge in [-0.1, -0.05) is 48.9 Å². The molecule has 1 aliphatic carbocycles. The number of carbonyl (C=O) groups excluding carboxylic acids is 1. The van der Waals surface area contributed by atoms with E-state index in [2.05, 4.69) is 31.2 Å². The van der Waals surface area contributed by atoms with Crippen molar-refractivity contribution >= 4 is 17.6 Å². The lowest BCUT2D eigenvalue weighted by molar-refractivity contribution is 0.0724. The number of rotatable bonds is 6. The fourth-order valence-corrected chi connectivity index (χ4v) is 4.99. The third kappa shape index (κ3) is 5.64. The highest BCUT2D eigenvalue weighted by Gasteiger charge is 2.27. The van der Waals surface area contributed by atoms with Crippen LogP contribution in [0, 0.1) is 23.4 Å². The SMILES string of the molecule is C[C@H](CC1CCC(c2cc(F)c(C(=O)Oc3ccc(Cl)c(F)c3)c(F)c2)CC1)c1ccccc1. The molecule has 0 aliphatic heterocycles. The molecule has 3 aromatic carbocycles. The monoisotopic (exact) mass is 486 g/mol. The molecule has 4 rings (SSSR count). The van der Waals surface area contributed by atoms with E-state index in [4.69, 9.17) is 16.3 Å². The molecule has 2 nitrogen and oxygen atoms in total. The number of ether oxygens (including phenoxy) is 1. The van der Waals surface area contributed by atoms with E-state index in [0.717, 1.165) is 38.2 Å². The van der Waals surface area contributed by atoms with Gasteiger partial charge in [0.15, 0.2) is 0 Å². The molecule has 34 heavy (non-hydrogen) atoms. The zero-order valence-electron chi connectivity index (χ0n) is 18.9. The standard InChI is InChI=1S/C28H26ClF3O2/c1-17(19-5-3-2-4-6-19)13-18-7-9-20(10-8-18)21-14-25(31)27(26(32)15-21)28(33)34-22-11-12-23(29)24(30)16-22/h2-6,11-12,14-18,20H,7-10,13H2,1H3/t17-,18?,20?/m1/s1. The minimum absolute atomic E-state index is 0.0442. The van der Waals surface area contributed by atoms with Crippen molar-refractivity contribution in [2.45, 2.75) is 50.9 Å². The van der Waals surface area contributed by atoms with Gasteiger partial charge in [-0.05, 0) is 85.3 Å². The van der Waals surface area contributed by atoms with Gasteiger partial charge in [-0.15, -0.1) is 0 Å². The molecule has 0 aromatic heterocycles. The second-order valence-corrected chi connectivity index (χ2v) is 9.50. The molecule has 1 saturated carbocycles. The Morgan fingerprint density at radius 3 is 2.21 bits per heavy atom. The van der Waals surface area contributed by atoms with Gasteiger partial charge in [-0.25, -0.2) is 18.0 Å². The molecule has 0 N–H and O–H groups in total. The first-order chi connectivity index (χ1) is 16.3. The maximum absolute atomic E-state index is 14.8. The summed E-state index contributed by atoms with van der Waals surface area (Å²) in [7, 11) is 0. The Morgan fingerprint density at radius 1 is 0.941 bits per heavy atom. The Balaban J connectivity index is 1.39. The number of benzene rings is 3. The van der Waals surface area contributed by atoms with Gasteiger partial charge in [-0.2, -0.15) is 0 Å². The molecule has 3 aromatic rings. The van der Waals surface area contributed by atoms with Crippen LogP contribution in [-0.2, 0) is 0 Å². The van der Waals surface area contributed by atoms with Gasteiger partial charge in [0.05, 0.1) is 5.02 Å². The summed E-state index contributed by atoms with van der Waals surface area (Å²) < 4.78 is 48.0. The summed E-state index contributed by atoms with van der Waals surface area (Å²) in [5, 5.41) is -0.147. The smallest absolute Gasteiger partial charge is 0.349 e. The van der Waals surface area contributed by atoms with E-state index in [9.17, 15) is 18.0 Å². The van der Waals surface area contributed by atoms with E-state index in [1.165, 1.54) is 29.8 Å². The first-order valence-corrected chi connectivity index (χ1v) is 11.9. The highest BCUT2D eigenvalue weighted by atomic mass is 35.5. The van der Waals surface area contributed by atoms with Gasteiger partial charge in [0.1, 0.15) is 28.8 Å². The van der Waals surface area contributed by atoms with Crippen LogP contribution in [0.1, 0.15) is 72.3 Å². The summed E-state index contributed by atoms with van der Waals surface area (Å²) in [4.78, 5) is 12.3. The van der Waals surface area contributed by atoms with Crippen LogP contribution in [0.3, 0.4) is 0 Å². The molecule has 0 heterocycles. The lowest BCUT2D eigenvalue weighted by atomic mass is 9.75. The molecule has 1 aliphatic rings. The number of esters is 1. The maximum atomic E-state index is 14.8. The summed E-state index contributed by atoms with van der Waals surface area (Å²) in [5.41, 5.74) is 1.10. The van der Waals surface area contributed by atoms with Crippen LogP contribution in [0.2, 0.25) is 5.02 Å². The number of carbonyl (C=O) groups is 1. The van der Waals surface area contributed by atoms with Crippen molar-refractivity contribution in [3.8, 4) is 5.75 Å². The summed E-state index contributed by atoms with van der Waals surface area (Å²) in [6.45, 7) is 2.24. The highest BCUT2D eigenvalue weighted by Crippen LogP contribution is 2.40. The van der Waals surface area contributed by atoms with Crippen LogP contribution in [0.4, 0.5) is 13.2 Å². The molecular formula is C28H26ClF3O2. The molecule has 0 spiro atoms. The van der Waals surface area contributed by atoms with Crippen molar-refractivity contribution < 1.29 is 22.7 Å². The van der Waals surface area contributed by atoms with E-state index < -0.39 is 29.0 Å². The fourth-order valence-electron chi connectivity index (χ4n) is 4.87. The van der Waals surface area contributed by atoms with E-state index >= 15 is 0 Å². The van der Waals surface area contributed by atoms with Crippen LogP contribution < -0.4 is 4.74 Å². The molecule has 178 valence electrons. The van der Waals surface area contributed by atoms with Crippen LogP contribution in [0.15, 0.2) is 60.7 Å². The molecule has 1 fully saturated rings. The molecule has 0 saturated heterocycles. The number of hydrogen-bond acceptors (Lipinski definition) is 2. The van der Waals surface area contributed by atoms with Crippen molar-refractivity contribution in [1.82, 2.24) is 0 Å². The summed E-state index contributed by atoms with van der Waals surface area (Å²) >= 11 is 5.60. The summed E-state index contributed by atoms with van der Waals surface area (Å²) in [6.07, 6.45) is 4.78. The first-order valence-electron chi connectivity index (χ1n) is 11.5. The van der Waals surface area contributed by atoms with Gasteiger partial charge >= 0.3 is 5.97 Å². The minimum atomic E-state index is -1.22. The molecule has 0 radical (unpaired) electrons. The van der Waals surface area contributed by atoms with Gasteiger partial charge in [0, 0.05) is 6.07 Å². The molecule has 0 unspecified atom stereocenters. The third-order valence-corrected chi connectivity index (χ3v) is 7.05. The highest BCUT2D eigenvalue weighted by molar-refractivity contribution is 6.30. The quantitative estimate of drug-likeness (QED) is 0.258. The van der Waals surface area contributed by atoms with E-state index in [1.807, 2.05) is 6.07 Å². The molecule has 1 atom stereocenters. The van der Waals surface area contributed by atoms with Crippen molar-refractivity contribution in [2.75, 3.05) is 0 Å². The van der Waals surface area contributed by atoms with Crippen LogP contribution in [0.5, 0.6) is 5.75 Å². The van der Waals surface area contributed by atoms with Gasteiger partial charge < -0.3 is 4.74 Å². The van der Waals surface area contributed by atoms with Crippen molar-refractivity contribution in [2.24, 2.45) is 5.92 Å². The van der Waals surface area contributed by atoms with Crippen LogP contribution in [-0.4, -0.2) is 5.97 Å². The van der Waals surface area contributed by atoms with Crippen LogP contribution in [0.25, 0.3) is 0 Å². The van der Waals surface area contributed by atoms with E-state index in [-0.39, 0.29) is 16.7 Å². The Bertz CT molecular complexity index is 1130. The predicted octanol–water partition coefficient (Wildman–Crippen LogP) is 8.44. The Morgan fingerprint density at radius 2 is 1.59 bits per heavy atom. The summed E-state index contributed by atoms with van der Waals surface area (Å²) in [6, 6.07) is 16.2. The van der Waals surface area contributed by atoms with Gasteiger partial charge in [0.2, 0.25) is 0 Å². The molecule has 6 heteroatoms. The zero-order chi connectivity index (χ0) is 24.2. The second kappa shape index (κ2) is 10.6. The number of halogens is 4. The molecular weight excluding hydrogens is 461 g/mol. The van der Waals surface area contributed by atoms with Crippen LogP contribution >= 0.6 is 11.6 Å². The Labute approximate surface area is 202 Å². The Kier molecular flexibility index (Phi) is 7.62. The largest absolute Gasteiger partial charge is 0.423 e. The second-order valence-electron chi connectivity index (χ2n) is 9.09. The molecule has 0 bridgehead atoms. The zero-order valence-corrected chi connectivity index (χ0v) is 19.6. The normalized spacial score (nSPS) is 19.0. The lowest BCUT2D eigenvalue weighted by Crippen LogP contribution is -2.17. The molecule has 0 amide bonds. The van der Waals surface area contributed by atoms with Crippen molar-refractivity contribution in [3.05, 3.63) is 99.8 Å². The summed E-state index contributed by atoms with van der Waals surface area (Å²) in [5.74, 6) is -3.06. The average molecular weight is 487 g/mol. The fraction of sp³-hybridized carbons (Fsp3) is 0.321. The van der Waals surface area contributed by atoms with Crippen molar-refractivity contribution in [3.63, 3.8) is 0 Å². The van der Waals surface area contributed by atoms with Crippen molar-refractivity contribution in [1.29, 1.82) is 0 Å². The Hall–Kier alpha value is -2.79. The predicted molar refractivity (Wildman–Crippen MR) is 127 cm³/mol. The van der Waals surface area contributed by atoms with E-state index in [0.29, 0.717) is 17.4 Å². The lowest BCUT2D eigenvalue weighted by Gasteiger charge is -2.30. The van der Waals surface area contributed by atoms with E-state index in [1.54, 1.807) is 0 Å². The topological polar surface area (TPSA) is 26.3 Å². The average Bonchev–Trinajstić information content (AvgIpc) is 2.82. The number of hydrogen-bond donors (Lipinski definition) is 0. The van der Waals surface area contributed by atoms with Gasteiger partial charge in [0.25, 0.3) is 0 Å². The van der Waals surface area contributed by atoms with Gasteiger partial charge in [-0.3, -0.25) is 0 Å². The third-order valence-electron chi connectivity index (χ3n) is 6.74.